The van der Waals surface area contributed by atoms with Gasteiger partial charge in [0, 0.05) is 12.8 Å². The molecule has 0 fully saturated rings. The zero-order valence-electron chi connectivity index (χ0n) is 32.7. The second-order valence-corrected chi connectivity index (χ2v) is 14.4. The van der Waals surface area contributed by atoms with Gasteiger partial charge in [-0.15, -0.1) is 0 Å². The minimum absolute atomic E-state index is 0.140. The smallest absolute Gasteiger partial charge is 0.305 e. The highest BCUT2D eigenvalue weighted by Gasteiger charge is 2.12. The Morgan fingerprint density at radius 3 is 1.30 bits per heavy atom. The summed E-state index contributed by atoms with van der Waals surface area (Å²) in [5, 5.41) is 19.5. The highest BCUT2D eigenvalue weighted by Crippen LogP contribution is 2.15. The molecule has 0 bridgehead atoms. The predicted octanol–water partition coefficient (Wildman–Crippen LogP) is 11.8. The van der Waals surface area contributed by atoms with Gasteiger partial charge in [0.2, 0.25) is 0 Å². The lowest BCUT2D eigenvalue weighted by Crippen LogP contribution is -2.25. The Morgan fingerprint density at radius 1 is 0.480 bits per heavy atom. The van der Waals surface area contributed by atoms with Crippen LogP contribution in [0, 0.1) is 5.92 Å². The number of hydrogen-bond donors (Lipinski definition) is 2. The highest BCUT2D eigenvalue weighted by atomic mass is 16.6. The van der Waals surface area contributed by atoms with E-state index in [0.29, 0.717) is 19.3 Å². The lowest BCUT2D eigenvalue weighted by molar-refractivity contribution is -0.152. The summed E-state index contributed by atoms with van der Waals surface area (Å²) in [6.07, 6.45) is 44.0. The molecule has 0 aromatic carbocycles. The van der Waals surface area contributed by atoms with Crippen molar-refractivity contribution in [3.05, 3.63) is 48.6 Å². The van der Waals surface area contributed by atoms with E-state index in [1.54, 1.807) is 0 Å². The highest BCUT2D eigenvalue weighted by molar-refractivity contribution is 5.69. The molecule has 290 valence electrons. The fourth-order valence-corrected chi connectivity index (χ4v) is 5.60. The lowest BCUT2D eigenvalue weighted by atomic mass is 10.0. The lowest BCUT2D eigenvalue weighted by Gasteiger charge is -2.12. The molecule has 2 atom stereocenters. The fraction of sp³-hybridized carbons (Fsp3) is 0.773. The van der Waals surface area contributed by atoms with Crippen molar-refractivity contribution < 1.29 is 29.3 Å². The van der Waals surface area contributed by atoms with Crippen molar-refractivity contribution in [1.82, 2.24) is 0 Å². The van der Waals surface area contributed by atoms with E-state index in [2.05, 4.69) is 62.5 Å². The van der Waals surface area contributed by atoms with Crippen LogP contribution < -0.4 is 0 Å². The number of carbonyl (C=O) groups is 2. The molecule has 0 spiro atoms. The maximum Gasteiger partial charge on any atom is 0.305 e. The average molecular weight is 703 g/mol. The van der Waals surface area contributed by atoms with Crippen LogP contribution in [0.5, 0.6) is 0 Å². The number of rotatable bonds is 36. The number of hydrogen-bond acceptors (Lipinski definition) is 6. The molecule has 0 aliphatic rings. The summed E-state index contributed by atoms with van der Waals surface area (Å²) >= 11 is 0. The van der Waals surface area contributed by atoms with Crippen molar-refractivity contribution in [3.8, 4) is 0 Å². The van der Waals surface area contributed by atoms with Crippen LogP contribution >= 0.6 is 0 Å². The number of allylic oxidation sites excluding steroid dienone is 8. The van der Waals surface area contributed by atoms with E-state index in [9.17, 15) is 19.8 Å². The second kappa shape index (κ2) is 38.1. The molecule has 0 radical (unpaired) electrons. The topological polar surface area (TPSA) is 93.1 Å². The van der Waals surface area contributed by atoms with Crippen molar-refractivity contribution in [2.75, 3.05) is 13.2 Å². The molecular formula is C44H78O6. The molecule has 6 nitrogen and oxygen atoms in total. The molecule has 50 heavy (non-hydrogen) atoms. The van der Waals surface area contributed by atoms with Crippen molar-refractivity contribution >= 4 is 11.9 Å². The predicted molar refractivity (Wildman–Crippen MR) is 211 cm³/mol. The van der Waals surface area contributed by atoms with Crippen molar-refractivity contribution in [1.29, 1.82) is 0 Å². The van der Waals surface area contributed by atoms with Gasteiger partial charge in [0.15, 0.2) is 0 Å². The third-order valence-electron chi connectivity index (χ3n) is 8.91. The van der Waals surface area contributed by atoms with Gasteiger partial charge in [0.1, 0.15) is 19.3 Å². The minimum atomic E-state index is -0.994. The molecule has 0 amide bonds. The third kappa shape index (κ3) is 38.6. The first-order valence-electron chi connectivity index (χ1n) is 20.6. The Labute approximate surface area is 308 Å². The van der Waals surface area contributed by atoms with E-state index >= 15 is 0 Å². The molecule has 0 unspecified atom stereocenters. The Kier molecular flexibility index (Phi) is 36.4. The molecule has 0 aromatic heterocycles. The summed E-state index contributed by atoms with van der Waals surface area (Å²) in [5.41, 5.74) is 0. The summed E-state index contributed by atoms with van der Waals surface area (Å²) in [7, 11) is 0. The van der Waals surface area contributed by atoms with Gasteiger partial charge in [-0.2, -0.15) is 0 Å². The Bertz CT molecular complexity index is 874. The van der Waals surface area contributed by atoms with E-state index in [4.69, 9.17) is 9.47 Å². The van der Waals surface area contributed by atoms with Crippen LogP contribution in [0.25, 0.3) is 0 Å². The van der Waals surface area contributed by atoms with Crippen LogP contribution in [-0.4, -0.2) is 47.6 Å². The van der Waals surface area contributed by atoms with Gasteiger partial charge in [-0.05, 0) is 63.7 Å². The van der Waals surface area contributed by atoms with Gasteiger partial charge < -0.3 is 19.7 Å². The summed E-state index contributed by atoms with van der Waals surface area (Å²) in [6.45, 7) is 6.34. The Morgan fingerprint density at radius 2 is 0.860 bits per heavy atom. The maximum absolute atomic E-state index is 12.0. The number of aliphatic hydroxyl groups is 2. The molecule has 6 heteroatoms. The molecular weight excluding hydrogens is 624 g/mol. The van der Waals surface area contributed by atoms with Gasteiger partial charge in [-0.1, -0.05) is 166 Å². The summed E-state index contributed by atoms with van der Waals surface area (Å²) < 4.78 is 10.3. The standard InChI is InChI=1S/C44H78O6/c1-4-41(45)35-31-27-23-19-15-11-8-9-13-17-21-25-29-33-37-44(48)50-39-42(46)38-49-43(47)36-32-28-24-20-16-12-7-5-6-10-14-18-22-26-30-34-40(2)3/h9,11,13,15,21,23,25,27,40-42,45-46H,4-8,10,12,14,16-20,22,24,26,28-39H2,1-3H3/b13-9-,15-11-,25-21-,27-23-/t41-,42+/m0/s1. The van der Waals surface area contributed by atoms with E-state index < -0.39 is 6.10 Å². The average Bonchev–Trinajstić information content (AvgIpc) is 3.10. The van der Waals surface area contributed by atoms with Gasteiger partial charge in [-0.25, -0.2) is 0 Å². The molecule has 2 N–H and O–H groups in total. The third-order valence-corrected chi connectivity index (χ3v) is 8.91. The quantitative estimate of drug-likeness (QED) is 0.0383. The minimum Gasteiger partial charge on any atom is -0.463 e. The Balaban J connectivity index is 3.52. The van der Waals surface area contributed by atoms with E-state index in [-0.39, 0.29) is 31.3 Å². The van der Waals surface area contributed by atoms with Gasteiger partial charge in [0.05, 0.1) is 6.10 Å². The molecule has 0 rings (SSSR count). The zero-order chi connectivity index (χ0) is 36.8. The van der Waals surface area contributed by atoms with Crippen LogP contribution in [0.15, 0.2) is 48.6 Å². The normalized spacial score (nSPS) is 13.4. The number of unbranched alkanes of at least 4 members (excludes halogenated alkanes) is 15. The van der Waals surface area contributed by atoms with Gasteiger partial charge in [-0.3, -0.25) is 9.59 Å². The largest absolute Gasteiger partial charge is 0.463 e. The monoisotopic (exact) mass is 703 g/mol. The van der Waals surface area contributed by atoms with E-state index in [1.165, 1.54) is 83.5 Å². The first-order chi connectivity index (χ1) is 24.3. The summed E-state index contributed by atoms with van der Waals surface area (Å²) in [6, 6.07) is 0. The number of carbonyl (C=O) groups excluding carboxylic acids is 2. The number of esters is 2. The molecule has 0 saturated carbocycles. The van der Waals surface area contributed by atoms with Crippen molar-refractivity contribution in [2.24, 2.45) is 5.92 Å². The molecule has 0 aliphatic carbocycles. The van der Waals surface area contributed by atoms with E-state index in [1.807, 2.05) is 6.92 Å². The fourth-order valence-electron chi connectivity index (χ4n) is 5.60. The summed E-state index contributed by atoms with van der Waals surface area (Å²) in [4.78, 5) is 23.9. The molecule has 0 heterocycles. The molecule has 0 aromatic rings. The van der Waals surface area contributed by atoms with Crippen molar-refractivity contribution in [3.63, 3.8) is 0 Å². The molecule has 0 saturated heterocycles. The molecule has 0 aliphatic heterocycles. The van der Waals surface area contributed by atoms with Crippen LogP contribution in [0.1, 0.15) is 188 Å². The zero-order valence-corrected chi connectivity index (χ0v) is 32.7. The number of ether oxygens (including phenoxy) is 2. The number of aliphatic hydroxyl groups excluding tert-OH is 2. The SMILES string of the molecule is CC[C@H](O)CC/C=C\C/C=C\C/C=C\C/C=C\CCCC(=O)OC[C@H](O)COC(=O)CCCCCCCCCCCCCCCCCC(C)C. The van der Waals surface area contributed by atoms with E-state index in [0.717, 1.165) is 70.1 Å². The van der Waals surface area contributed by atoms with Crippen LogP contribution in [0.2, 0.25) is 0 Å². The van der Waals surface area contributed by atoms with Gasteiger partial charge >= 0.3 is 11.9 Å². The second-order valence-electron chi connectivity index (χ2n) is 14.4. The van der Waals surface area contributed by atoms with Gasteiger partial charge in [0.25, 0.3) is 0 Å². The van der Waals surface area contributed by atoms with Crippen LogP contribution in [-0.2, 0) is 19.1 Å². The van der Waals surface area contributed by atoms with Crippen LogP contribution in [0.4, 0.5) is 0 Å². The first-order valence-corrected chi connectivity index (χ1v) is 20.6. The maximum atomic E-state index is 12.0. The van der Waals surface area contributed by atoms with Crippen molar-refractivity contribution in [2.45, 2.75) is 200 Å². The Hall–Kier alpha value is -2.18. The summed E-state index contributed by atoms with van der Waals surface area (Å²) in [5.74, 6) is 0.206. The first kappa shape index (κ1) is 47.8. The van der Waals surface area contributed by atoms with Crippen LogP contribution in [0.3, 0.4) is 0 Å².